The van der Waals surface area contributed by atoms with Crippen LogP contribution in [0.2, 0.25) is 0 Å². The van der Waals surface area contributed by atoms with E-state index in [2.05, 4.69) is 103 Å². The first-order chi connectivity index (χ1) is 13.6. The quantitative estimate of drug-likeness (QED) is 0.490. The monoisotopic (exact) mass is 363 g/mol. The van der Waals surface area contributed by atoms with E-state index in [0.717, 1.165) is 0 Å². The highest BCUT2D eigenvalue weighted by Gasteiger charge is 2.36. The maximum atomic E-state index is 6.73. The fourth-order valence-corrected chi connectivity index (χ4v) is 4.23. The molecule has 0 spiro atoms. The molecular weight excluding hydrogens is 340 g/mol. The molecule has 136 valence electrons. The number of nitrogens with two attached hydrogens (primary N) is 2. The minimum Gasteiger partial charge on any atom is -0.318 e. The zero-order valence-corrected chi connectivity index (χ0v) is 15.9. The van der Waals surface area contributed by atoms with E-state index in [0.29, 0.717) is 0 Å². The third-order valence-electron chi connectivity index (χ3n) is 5.73. The lowest BCUT2D eigenvalue weighted by Gasteiger charge is -2.21. The van der Waals surface area contributed by atoms with Gasteiger partial charge in [-0.3, -0.25) is 5.32 Å². The fraction of sp³-hybridized carbons (Fsp3) is 0.0769. The van der Waals surface area contributed by atoms with Gasteiger partial charge in [0.2, 0.25) is 0 Å². The molecule has 1 atom stereocenters. The van der Waals surface area contributed by atoms with Crippen molar-refractivity contribution in [1.29, 1.82) is 0 Å². The molecule has 28 heavy (non-hydrogen) atoms. The van der Waals surface area contributed by atoms with Crippen LogP contribution in [0.15, 0.2) is 97.1 Å². The van der Waals surface area contributed by atoms with Gasteiger partial charge in [0, 0.05) is 12.1 Å². The van der Waals surface area contributed by atoms with E-state index in [1.165, 1.54) is 44.8 Å². The lowest BCUT2D eigenvalue weighted by atomic mass is 9.91. The molecule has 1 unspecified atom stereocenters. The number of benzene rings is 4. The number of quaternary nitrogens is 1. The van der Waals surface area contributed by atoms with Gasteiger partial charge in [-0.15, -0.1) is 0 Å². The molecule has 0 aliphatic heterocycles. The summed E-state index contributed by atoms with van der Waals surface area (Å²) < 4.78 is 0. The molecule has 0 aromatic heterocycles. The van der Waals surface area contributed by atoms with Gasteiger partial charge < -0.3 is 5.73 Å². The van der Waals surface area contributed by atoms with Crippen LogP contribution in [0.5, 0.6) is 0 Å². The molecule has 0 fully saturated rings. The lowest BCUT2D eigenvalue weighted by molar-refractivity contribution is -0.478. The van der Waals surface area contributed by atoms with Gasteiger partial charge >= 0.3 is 0 Å². The molecular formula is C26H23N2+. The molecule has 0 amide bonds. The average molecular weight is 363 g/mol. The molecule has 2 heteroatoms. The Balaban J connectivity index is 1.44. The van der Waals surface area contributed by atoms with Crippen LogP contribution >= 0.6 is 0 Å². The zero-order valence-electron chi connectivity index (χ0n) is 15.9. The van der Waals surface area contributed by atoms with E-state index < -0.39 is 5.54 Å². The second-order valence-corrected chi connectivity index (χ2v) is 7.69. The Hall–Kier alpha value is -3.20. The second kappa shape index (κ2) is 6.45. The Morgan fingerprint density at radius 1 is 0.607 bits per heavy atom. The van der Waals surface area contributed by atoms with Gasteiger partial charge in [0.25, 0.3) is 0 Å². The Morgan fingerprint density at radius 2 is 1.21 bits per heavy atom. The third kappa shape index (κ3) is 2.75. The van der Waals surface area contributed by atoms with Crippen LogP contribution in [0, 0.1) is 0 Å². The molecule has 0 saturated heterocycles. The van der Waals surface area contributed by atoms with Crippen molar-refractivity contribution in [3.63, 3.8) is 0 Å². The minimum absolute atomic E-state index is 0.451. The van der Waals surface area contributed by atoms with Crippen molar-refractivity contribution >= 4 is 11.4 Å². The van der Waals surface area contributed by atoms with E-state index in [1.54, 1.807) is 0 Å². The molecule has 4 aromatic rings. The normalized spacial score (nSPS) is 17.2. The van der Waals surface area contributed by atoms with Gasteiger partial charge in [-0.2, -0.15) is 0 Å². The lowest BCUT2D eigenvalue weighted by Crippen LogP contribution is -2.71. The predicted octanol–water partition coefficient (Wildman–Crippen LogP) is 5.08. The maximum Gasteiger partial charge on any atom is 0.134 e. The minimum atomic E-state index is -0.451. The summed E-state index contributed by atoms with van der Waals surface area (Å²) in [5, 5.41) is 2.22. The van der Waals surface area contributed by atoms with Crippen molar-refractivity contribution in [2.24, 2.45) is 5.73 Å². The van der Waals surface area contributed by atoms with Gasteiger partial charge in [0.15, 0.2) is 0 Å². The summed E-state index contributed by atoms with van der Waals surface area (Å²) >= 11 is 0. The second-order valence-electron chi connectivity index (χ2n) is 7.69. The van der Waals surface area contributed by atoms with Crippen molar-refractivity contribution in [3.8, 4) is 22.3 Å². The first-order valence-corrected chi connectivity index (χ1v) is 9.66. The fourth-order valence-electron chi connectivity index (χ4n) is 4.23. The predicted molar refractivity (Wildman–Crippen MR) is 116 cm³/mol. The van der Waals surface area contributed by atoms with Gasteiger partial charge in [-0.25, -0.2) is 0 Å². The third-order valence-corrected chi connectivity index (χ3v) is 5.73. The van der Waals surface area contributed by atoms with E-state index in [-0.39, 0.29) is 0 Å². The molecule has 5 rings (SSSR count). The Labute approximate surface area is 165 Å². The summed E-state index contributed by atoms with van der Waals surface area (Å²) in [4.78, 5) is 0. The summed E-state index contributed by atoms with van der Waals surface area (Å²) in [6.07, 6.45) is 0. The molecule has 4 aromatic carbocycles. The molecule has 2 nitrogen and oxygen atoms in total. The van der Waals surface area contributed by atoms with Crippen molar-refractivity contribution in [2.75, 3.05) is 0 Å². The summed E-state index contributed by atoms with van der Waals surface area (Å²) in [5.41, 5.74) is 16.0. The summed E-state index contributed by atoms with van der Waals surface area (Å²) in [6, 6.07) is 34.2. The van der Waals surface area contributed by atoms with Crippen molar-refractivity contribution in [3.05, 3.63) is 108 Å². The van der Waals surface area contributed by atoms with Crippen LogP contribution < -0.4 is 11.1 Å². The molecule has 0 radical (unpaired) electrons. The Kier molecular flexibility index (Phi) is 3.90. The molecule has 0 saturated carbocycles. The molecule has 0 bridgehead atoms. The summed E-state index contributed by atoms with van der Waals surface area (Å²) in [6.45, 7) is 2.11. The van der Waals surface area contributed by atoms with Crippen LogP contribution in [0.4, 0.5) is 11.4 Å². The van der Waals surface area contributed by atoms with Crippen LogP contribution in [0.25, 0.3) is 22.3 Å². The van der Waals surface area contributed by atoms with Crippen molar-refractivity contribution < 1.29 is 5.32 Å². The van der Waals surface area contributed by atoms with Crippen LogP contribution in [-0.2, 0) is 5.54 Å². The standard InChI is InChI=1S/C26H22N2/c1-26(27)24-10-6-5-9-22(24)23-16-15-21(17-25(23)26)28-20-13-11-19(12-14-20)18-7-3-2-4-8-18/h2-17,28H,27H2,1H3/p+1. The summed E-state index contributed by atoms with van der Waals surface area (Å²) in [7, 11) is 0. The topological polar surface area (TPSA) is 42.6 Å². The van der Waals surface area contributed by atoms with Crippen molar-refractivity contribution in [2.45, 2.75) is 12.5 Å². The maximum absolute atomic E-state index is 6.73. The smallest absolute Gasteiger partial charge is 0.134 e. The first-order valence-electron chi connectivity index (χ1n) is 9.66. The van der Waals surface area contributed by atoms with Gasteiger partial charge in [0.1, 0.15) is 11.4 Å². The van der Waals surface area contributed by atoms with E-state index in [4.69, 9.17) is 5.73 Å². The van der Waals surface area contributed by atoms with Crippen LogP contribution in [0.1, 0.15) is 18.1 Å². The van der Waals surface area contributed by atoms with Crippen molar-refractivity contribution in [1.82, 2.24) is 0 Å². The van der Waals surface area contributed by atoms with Crippen LogP contribution in [0.3, 0.4) is 0 Å². The summed E-state index contributed by atoms with van der Waals surface area (Å²) in [5.74, 6) is 0. The van der Waals surface area contributed by atoms with E-state index in [1.807, 2.05) is 6.07 Å². The SMILES string of the molecule is CC1(N)c2ccccc2-c2ccc([NH2+]c3ccc(-c4ccccc4)cc3)cc21. The molecule has 1 aliphatic carbocycles. The highest BCUT2D eigenvalue weighted by Crippen LogP contribution is 2.46. The number of hydrogen-bond acceptors (Lipinski definition) is 1. The number of fused-ring (bicyclic) bond motifs is 3. The molecule has 4 N–H and O–H groups in total. The van der Waals surface area contributed by atoms with Gasteiger partial charge in [-0.1, -0.05) is 54.6 Å². The highest BCUT2D eigenvalue weighted by atomic mass is 14.9. The average Bonchev–Trinajstić information content (AvgIpc) is 2.97. The van der Waals surface area contributed by atoms with Gasteiger partial charge in [0.05, 0.1) is 5.54 Å². The molecule has 0 heterocycles. The van der Waals surface area contributed by atoms with E-state index in [9.17, 15) is 0 Å². The number of rotatable bonds is 3. The largest absolute Gasteiger partial charge is 0.318 e. The Morgan fingerprint density at radius 3 is 2.00 bits per heavy atom. The molecule has 1 aliphatic rings. The zero-order chi connectivity index (χ0) is 19.1. The first kappa shape index (κ1) is 16.9. The van der Waals surface area contributed by atoms with Crippen LogP contribution in [-0.4, -0.2) is 0 Å². The Bertz CT molecular complexity index is 1140. The highest BCUT2D eigenvalue weighted by molar-refractivity contribution is 5.81. The van der Waals surface area contributed by atoms with E-state index >= 15 is 0 Å². The number of hydrogen-bond donors (Lipinski definition) is 2. The van der Waals surface area contributed by atoms with Gasteiger partial charge in [-0.05, 0) is 70.6 Å².